The summed E-state index contributed by atoms with van der Waals surface area (Å²) in [5.41, 5.74) is 9.56. The van der Waals surface area contributed by atoms with E-state index in [2.05, 4.69) is 45.4 Å². The molecule has 2 heterocycles. The summed E-state index contributed by atoms with van der Waals surface area (Å²) in [6, 6.07) is 16.3. The number of rotatable bonds is 6. The standard InChI is InChI=1S/C24H33N5O/c25-21-10-7-11-22(23(21)24(30)29-13-5-2-6-14-29)26-12-15-27-16-18-28(19-17-27)20-8-3-1-4-9-20/h1,3-4,7-11,26H,2,5-6,12-19,25H2. The first kappa shape index (κ1) is 20.5. The van der Waals surface area contributed by atoms with E-state index in [0.29, 0.717) is 11.3 Å². The van der Waals surface area contributed by atoms with Crippen LogP contribution in [0.15, 0.2) is 48.5 Å². The number of likely N-dealkylation sites (tertiary alicyclic amines) is 1. The molecule has 2 aliphatic rings. The molecule has 0 saturated carbocycles. The first-order valence-corrected chi connectivity index (χ1v) is 11.2. The molecular weight excluding hydrogens is 374 g/mol. The van der Waals surface area contributed by atoms with Crippen LogP contribution < -0.4 is 16.0 Å². The first-order chi connectivity index (χ1) is 14.7. The normalized spacial score (nSPS) is 17.7. The zero-order valence-electron chi connectivity index (χ0n) is 17.7. The van der Waals surface area contributed by atoms with Crippen LogP contribution in [0.4, 0.5) is 17.1 Å². The largest absolute Gasteiger partial charge is 0.398 e. The average Bonchev–Trinajstić information content (AvgIpc) is 2.80. The maximum atomic E-state index is 13.1. The molecule has 2 fully saturated rings. The SMILES string of the molecule is Nc1cccc(NCCN2CCN(c3ccccc3)CC2)c1C(=O)N1CCCCC1. The second kappa shape index (κ2) is 9.85. The van der Waals surface area contributed by atoms with Crippen LogP contribution in [0.25, 0.3) is 0 Å². The van der Waals surface area contributed by atoms with Gasteiger partial charge < -0.3 is 20.9 Å². The molecule has 0 unspecified atom stereocenters. The number of nitrogens with two attached hydrogens (primary N) is 1. The summed E-state index contributed by atoms with van der Waals surface area (Å²) in [5.74, 6) is 0.0618. The number of para-hydroxylation sites is 1. The van der Waals surface area contributed by atoms with Crippen molar-refractivity contribution in [1.29, 1.82) is 0 Å². The predicted molar refractivity (Wildman–Crippen MR) is 124 cm³/mol. The molecule has 0 bridgehead atoms. The number of hydrogen-bond donors (Lipinski definition) is 2. The minimum absolute atomic E-state index is 0.0618. The number of hydrogen-bond acceptors (Lipinski definition) is 5. The highest BCUT2D eigenvalue weighted by molar-refractivity contribution is 6.04. The smallest absolute Gasteiger partial charge is 0.258 e. The zero-order valence-corrected chi connectivity index (χ0v) is 17.7. The third-order valence-corrected chi connectivity index (χ3v) is 6.19. The zero-order chi connectivity index (χ0) is 20.8. The van der Waals surface area contributed by atoms with Crippen LogP contribution in [0.3, 0.4) is 0 Å². The van der Waals surface area contributed by atoms with E-state index < -0.39 is 0 Å². The quantitative estimate of drug-likeness (QED) is 0.721. The van der Waals surface area contributed by atoms with Gasteiger partial charge in [0, 0.05) is 69.4 Å². The van der Waals surface area contributed by atoms with E-state index in [1.807, 2.05) is 23.1 Å². The fraction of sp³-hybridized carbons (Fsp3) is 0.458. The molecule has 160 valence electrons. The van der Waals surface area contributed by atoms with Gasteiger partial charge in [0.15, 0.2) is 0 Å². The molecular formula is C24H33N5O. The molecule has 0 aromatic heterocycles. The molecule has 1 amide bonds. The molecule has 2 saturated heterocycles. The minimum Gasteiger partial charge on any atom is -0.398 e. The topological polar surface area (TPSA) is 64.8 Å². The summed E-state index contributed by atoms with van der Waals surface area (Å²) in [5, 5.41) is 3.48. The van der Waals surface area contributed by atoms with Crippen LogP contribution in [0.2, 0.25) is 0 Å². The van der Waals surface area contributed by atoms with Gasteiger partial charge in [-0.2, -0.15) is 0 Å². The number of nitrogens with zero attached hydrogens (tertiary/aromatic N) is 3. The highest BCUT2D eigenvalue weighted by atomic mass is 16.2. The van der Waals surface area contributed by atoms with Gasteiger partial charge in [0.1, 0.15) is 0 Å². The van der Waals surface area contributed by atoms with Crippen LogP contribution >= 0.6 is 0 Å². The molecule has 2 aromatic rings. The summed E-state index contributed by atoms with van der Waals surface area (Å²) in [4.78, 5) is 19.9. The van der Waals surface area contributed by atoms with E-state index in [0.717, 1.165) is 70.9 Å². The Kier molecular flexibility index (Phi) is 6.74. The Morgan fingerprint density at radius 2 is 1.60 bits per heavy atom. The van der Waals surface area contributed by atoms with Crippen molar-refractivity contribution < 1.29 is 4.79 Å². The number of anilines is 3. The van der Waals surface area contributed by atoms with Gasteiger partial charge >= 0.3 is 0 Å². The van der Waals surface area contributed by atoms with Gasteiger partial charge in [-0.3, -0.25) is 9.69 Å². The minimum atomic E-state index is 0.0618. The Bertz CT molecular complexity index is 827. The van der Waals surface area contributed by atoms with Crippen LogP contribution in [0, 0.1) is 0 Å². The molecule has 4 rings (SSSR count). The molecule has 30 heavy (non-hydrogen) atoms. The van der Waals surface area contributed by atoms with E-state index in [1.165, 1.54) is 12.1 Å². The average molecular weight is 408 g/mol. The van der Waals surface area contributed by atoms with Crippen LogP contribution in [-0.4, -0.2) is 68.1 Å². The molecule has 3 N–H and O–H groups in total. The fourth-order valence-corrected chi connectivity index (χ4v) is 4.43. The summed E-state index contributed by atoms with van der Waals surface area (Å²) in [7, 11) is 0. The number of carbonyl (C=O) groups excluding carboxylic acids is 1. The Hall–Kier alpha value is -2.73. The van der Waals surface area contributed by atoms with Gasteiger partial charge in [0.25, 0.3) is 5.91 Å². The van der Waals surface area contributed by atoms with Gasteiger partial charge in [-0.05, 0) is 43.5 Å². The number of piperazine rings is 1. The number of piperidine rings is 1. The van der Waals surface area contributed by atoms with E-state index in [-0.39, 0.29) is 5.91 Å². The van der Waals surface area contributed by atoms with Crippen molar-refractivity contribution in [2.24, 2.45) is 0 Å². The Balaban J connectivity index is 1.30. The van der Waals surface area contributed by atoms with Crippen molar-refractivity contribution in [1.82, 2.24) is 9.80 Å². The fourth-order valence-electron chi connectivity index (χ4n) is 4.43. The highest BCUT2D eigenvalue weighted by Gasteiger charge is 2.23. The third-order valence-electron chi connectivity index (χ3n) is 6.19. The molecule has 6 nitrogen and oxygen atoms in total. The number of nitrogens with one attached hydrogen (secondary N) is 1. The summed E-state index contributed by atoms with van der Waals surface area (Å²) < 4.78 is 0. The maximum absolute atomic E-state index is 13.1. The highest BCUT2D eigenvalue weighted by Crippen LogP contribution is 2.25. The van der Waals surface area contributed by atoms with E-state index in [4.69, 9.17) is 5.73 Å². The Morgan fingerprint density at radius 1 is 0.867 bits per heavy atom. The molecule has 2 aromatic carbocycles. The molecule has 0 spiro atoms. The number of carbonyl (C=O) groups is 1. The number of nitrogen functional groups attached to an aromatic ring is 1. The van der Waals surface area contributed by atoms with E-state index >= 15 is 0 Å². The van der Waals surface area contributed by atoms with Gasteiger partial charge in [0.05, 0.1) is 5.56 Å². The Morgan fingerprint density at radius 3 is 2.33 bits per heavy atom. The van der Waals surface area contributed by atoms with Crippen LogP contribution in [0.5, 0.6) is 0 Å². The molecule has 0 aliphatic carbocycles. The molecule has 0 atom stereocenters. The van der Waals surface area contributed by atoms with Crippen LogP contribution in [0.1, 0.15) is 29.6 Å². The van der Waals surface area contributed by atoms with E-state index in [9.17, 15) is 4.79 Å². The van der Waals surface area contributed by atoms with Crippen molar-refractivity contribution in [3.63, 3.8) is 0 Å². The second-order valence-electron chi connectivity index (χ2n) is 8.21. The molecule has 6 heteroatoms. The van der Waals surface area contributed by atoms with Gasteiger partial charge in [-0.25, -0.2) is 0 Å². The molecule has 0 radical (unpaired) electrons. The lowest BCUT2D eigenvalue weighted by Crippen LogP contribution is -2.47. The van der Waals surface area contributed by atoms with Crippen LogP contribution in [-0.2, 0) is 0 Å². The second-order valence-corrected chi connectivity index (χ2v) is 8.21. The van der Waals surface area contributed by atoms with Crippen molar-refractivity contribution in [3.8, 4) is 0 Å². The predicted octanol–water partition coefficient (Wildman–Crippen LogP) is 3.13. The summed E-state index contributed by atoms with van der Waals surface area (Å²) in [6.45, 7) is 7.60. The van der Waals surface area contributed by atoms with E-state index in [1.54, 1.807) is 0 Å². The summed E-state index contributed by atoms with van der Waals surface area (Å²) >= 11 is 0. The van der Waals surface area contributed by atoms with Gasteiger partial charge in [-0.1, -0.05) is 24.3 Å². The van der Waals surface area contributed by atoms with Gasteiger partial charge in [0.2, 0.25) is 0 Å². The maximum Gasteiger partial charge on any atom is 0.258 e. The van der Waals surface area contributed by atoms with Crippen molar-refractivity contribution >= 4 is 23.0 Å². The number of amides is 1. The number of benzene rings is 2. The molecule has 2 aliphatic heterocycles. The third kappa shape index (κ3) is 4.87. The summed E-state index contributed by atoms with van der Waals surface area (Å²) in [6.07, 6.45) is 3.36. The van der Waals surface area contributed by atoms with Gasteiger partial charge in [-0.15, -0.1) is 0 Å². The van der Waals surface area contributed by atoms with Crippen molar-refractivity contribution in [2.45, 2.75) is 19.3 Å². The lowest BCUT2D eigenvalue weighted by atomic mass is 10.1. The van der Waals surface area contributed by atoms with Crippen molar-refractivity contribution in [2.75, 3.05) is 68.3 Å². The monoisotopic (exact) mass is 407 g/mol. The first-order valence-electron chi connectivity index (χ1n) is 11.2. The Labute approximate surface area is 179 Å². The lowest BCUT2D eigenvalue weighted by Gasteiger charge is -2.36. The lowest BCUT2D eigenvalue weighted by molar-refractivity contribution is 0.0726. The van der Waals surface area contributed by atoms with Crippen molar-refractivity contribution in [3.05, 3.63) is 54.1 Å².